The standard InChI is InChI=1S/C22H30N2O4S/c1-4-18(17-11-8-7-9-12-17)21(25)24(13-10-14-27-5-2)15-20-23-19(16-29-20)22(26)28-6-3/h7-9,11-12,16,18H,4-6,10,13-15H2,1-3H3. The fourth-order valence-electron chi connectivity index (χ4n) is 3.07. The maximum Gasteiger partial charge on any atom is 0.357 e. The molecule has 0 saturated heterocycles. The van der Waals surface area contributed by atoms with Gasteiger partial charge in [-0.15, -0.1) is 11.3 Å². The molecule has 0 spiro atoms. The zero-order valence-electron chi connectivity index (χ0n) is 17.4. The number of nitrogens with zero attached hydrogens (tertiary/aromatic N) is 2. The van der Waals surface area contributed by atoms with Crippen molar-refractivity contribution in [2.45, 2.75) is 46.1 Å². The van der Waals surface area contributed by atoms with Crippen LogP contribution in [0.3, 0.4) is 0 Å². The first-order chi connectivity index (χ1) is 14.1. The Kier molecular flexibility index (Phi) is 9.80. The van der Waals surface area contributed by atoms with Crippen molar-refractivity contribution >= 4 is 23.2 Å². The third kappa shape index (κ3) is 6.94. The Hall–Kier alpha value is -2.25. The average molecular weight is 419 g/mol. The van der Waals surface area contributed by atoms with Gasteiger partial charge in [0.1, 0.15) is 5.01 Å². The molecule has 6 nitrogen and oxygen atoms in total. The third-order valence-corrected chi connectivity index (χ3v) is 5.34. The summed E-state index contributed by atoms with van der Waals surface area (Å²) < 4.78 is 10.4. The highest BCUT2D eigenvalue weighted by atomic mass is 32.1. The third-order valence-electron chi connectivity index (χ3n) is 4.50. The molecule has 29 heavy (non-hydrogen) atoms. The van der Waals surface area contributed by atoms with Gasteiger partial charge >= 0.3 is 5.97 Å². The van der Waals surface area contributed by atoms with E-state index in [4.69, 9.17) is 9.47 Å². The number of esters is 1. The minimum Gasteiger partial charge on any atom is -0.461 e. The molecular formula is C22H30N2O4S. The average Bonchev–Trinajstić information content (AvgIpc) is 3.20. The molecule has 1 heterocycles. The first-order valence-corrected chi connectivity index (χ1v) is 11.0. The van der Waals surface area contributed by atoms with Crippen LogP contribution in [0.25, 0.3) is 0 Å². The summed E-state index contributed by atoms with van der Waals surface area (Å²) in [5.41, 5.74) is 1.31. The summed E-state index contributed by atoms with van der Waals surface area (Å²) in [4.78, 5) is 31.4. The van der Waals surface area contributed by atoms with E-state index >= 15 is 0 Å². The molecule has 0 aliphatic rings. The van der Waals surface area contributed by atoms with Gasteiger partial charge in [-0.25, -0.2) is 9.78 Å². The van der Waals surface area contributed by atoms with E-state index < -0.39 is 5.97 Å². The number of aromatic nitrogens is 1. The van der Waals surface area contributed by atoms with E-state index in [0.717, 1.165) is 23.4 Å². The van der Waals surface area contributed by atoms with Gasteiger partial charge in [0, 0.05) is 25.1 Å². The fourth-order valence-corrected chi connectivity index (χ4v) is 3.85. The smallest absolute Gasteiger partial charge is 0.357 e. The first kappa shape index (κ1) is 23.0. The van der Waals surface area contributed by atoms with E-state index in [1.54, 1.807) is 12.3 Å². The summed E-state index contributed by atoms with van der Waals surface area (Å²) in [5.74, 6) is -0.559. The van der Waals surface area contributed by atoms with Crippen LogP contribution in [0.15, 0.2) is 35.7 Å². The predicted octanol–water partition coefficient (Wildman–Crippen LogP) is 4.27. The maximum atomic E-state index is 13.4. The molecule has 2 aromatic rings. The number of hydrogen-bond donors (Lipinski definition) is 0. The number of thiazole rings is 1. The van der Waals surface area contributed by atoms with E-state index in [1.165, 1.54) is 11.3 Å². The van der Waals surface area contributed by atoms with Gasteiger partial charge in [0.2, 0.25) is 5.91 Å². The molecule has 158 valence electrons. The van der Waals surface area contributed by atoms with Crippen LogP contribution in [0.5, 0.6) is 0 Å². The lowest BCUT2D eigenvalue weighted by Crippen LogP contribution is -2.36. The lowest BCUT2D eigenvalue weighted by atomic mass is 9.95. The number of ether oxygens (including phenoxy) is 2. The van der Waals surface area contributed by atoms with E-state index in [9.17, 15) is 9.59 Å². The number of carbonyl (C=O) groups is 2. The van der Waals surface area contributed by atoms with E-state index in [0.29, 0.717) is 38.6 Å². The second kappa shape index (κ2) is 12.3. The quantitative estimate of drug-likeness (QED) is 0.380. The summed E-state index contributed by atoms with van der Waals surface area (Å²) in [5, 5.41) is 2.41. The molecule has 1 aromatic carbocycles. The fraction of sp³-hybridized carbons (Fsp3) is 0.500. The largest absolute Gasteiger partial charge is 0.461 e. The lowest BCUT2D eigenvalue weighted by Gasteiger charge is -2.26. The van der Waals surface area contributed by atoms with Crippen LogP contribution in [0.4, 0.5) is 0 Å². The predicted molar refractivity (Wildman–Crippen MR) is 114 cm³/mol. The monoisotopic (exact) mass is 418 g/mol. The summed E-state index contributed by atoms with van der Waals surface area (Å²) in [6.45, 7) is 8.27. The van der Waals surface area contributed by atoms with E-state index in [1.807, 2.05) is 49.1 Å². The number of rotatable bonds is 12. The Morgan fingerprint density at radius 1 is 1.14 bits per heavy atom. The molecule has 0 saturated carbocycles. The van der Waals surface area contributed by atoms with Gasteiger partial charge in [0.05, 0.1) is 19.1 Å². The van der Waals surface area contributed by atoms with Crippen molar-refractivity contribution in [3.05, 3.63) is 52.0 Å². The Morgan fingerprint density at radius 3 is 2.55 bits per heavy atom. The molecule has 2 rings (SSSR count). The highest BCUT2D eigenvalue weighted by Gasteiger charge is 2.25. The van der Waals surface area contributed by atoms with Crippen molar-refractivity contribution in [2.24, 2.45) is 0 Å². The maximum absolute atomic E-state index is 13.4. The molecule has 0 fully saturated rings. The topological polar surface area (TPSA) is 68.7 Å². The van der Waals surface area contributed by atoms with Crippen LogP contribution in [0, 0.1) is 0 Å². The van der Waals surface area contributed by atoms with Gasteiger partial charge in [0.15, 0.2) is 5.69 Å². The summed E-state index contributed by atoms with van der Waals surface area (Å²) in [7, 11) is 0. The second-order valence-electron chi connectivity index (χ2n) is 6.53. The van der Waals surface area contributed by atoms with Crippen molar-refractivity contribution in [1.82, 2.24) is 9.88 Å². The molecule has 0 aliphatic carbocycles. The molecule has 1 amide bonds. The molecule has 1 unspecified atom stereocenters. The van der Waals surface area contributed by atoms with Crippen molar-refractivity contribution in [1.29, 1.82) is 0 Å². The van der Waals surface area contributed by atoms with Gasteiger partial charge in [-0.05, 0) is 32.3 Å². The normalized spacial score (nSPS) is 11.8. The Bertz CT molecular complexity index is 763. The minimum atomic E-state index is -0.431. The van der Waals surface area contributed by atoms with Crippen molar-refractivity contribution in [2.75, 3.05) is 26.4 Å². The zero-order chi connectivity index (χ0) is 21.1. The number of hydrogen-bond acceptors (Lipinski definition) is 6. The first-order valence-electron chi connectivity index (χ1n) is 10.1. The van der Waals surface area contributed by atoms with Gasteiger partial charge in [-0.2, -0.15) is 0 Å². The van der Waals surface area contributed by atoms with E-state index in [2.05, 4.69) is 4.98 Å². The number of carbonyl (C=O) groups excluding carboxylic acids is 2. The Labute approximate surface area is 176 Å². The van der Waals surface area contributed by atoms with Crippen LogP contribution >= 0.6 is 11.3 Å². The summed E-state index contributed by atoms with van der Waals surface area (Å²) in [6, 6.07) is 9.85. The van der Waals surface area contributed by atoms with Gasteiger partial charge in [0.25, 0.3) is 0 Å². The molecule has 0 bridgehead atoms. The molecule has 1 aromatic heterocycles. The lowest BCUT2D eigenvalue weighted by molar-refractivity contribution is -0.133. The van der Waals surface area contributed by atoms with Crippen LogP contribution in [-0.4, -0.2) is 48.1 Å². The van der Waals surface area contributed by atoms with Crippen LogP contribution in [-0.2, 0) is 20.8 Å². The van der Waals surface area contributed by atoms with Gasteiger partial charge in [-0.1, -0.05) is 37.3 Å². The molecule has 0 aliphatic heterocycles. The summed E-state index contributed by atoms with van der Waals surface area (Å²) >= 11 is 1.37. The molecule has 7 heteroatoms. The zero-order valence-corrected chi connectivity index (χ0v) is 18.2. The van der Waals surface area contributed by atoms with Crippen LogP contribution in [0.1, 0.15) is 60.6 Å². The molecule has 0 N–H and O–H groups in total. The Morgan fingerprint density at radius 2 is 1.90 bits per heavy atom. The van der Waals surface area contributed by atoms with Crippen molar-refractivity contribution < 1.29 is 19.1 Å². The second-order valence-corrected chi connectivity index (χ2v) is 7.47. The molecular weight excluding hydrogens is 388 g/mol. The SMILES string of the molecule is CCOCCCN(Cc1nc(C(=O)OCC)cs1)C(=O)C(CC)c1ccccc1. The van der Waals surface area contributed by atoms with Gasteiger partial charge < -0.3 is 14.4 Å². The Balaban J connectivity index is 2.15. The van der Waals surface area contributed by atoms with Crippen LogP contribution < -0.4 is 0 Å². The van der Waals surface area contributed by atoms with Gasteiger partial charge in [-0.3, -0.25) is 4.79 Å². The number of benzene rings is 1. The van der Waals surface area contributed by atoms with E-state index in [-0.39, 0.29) is 11.8 Å². The molecule has 1 atom stereocenters. The highest BCUT2D eigenvalue weighted by molar-refractivity contribution is 7.09. The highest BCUT2D eigenvalue weighted by Crippen LogP contribution is 2.24. The number of amides is 1. The molecule has 0 radical (unpaired) electrons. The minimum absolute atomic E-state index is 0.0723. The van der Waals surface area contributed by atoms with Crippen LogP contribution in [0.2, 0.25) is 0 Å². The van der Waals surface area contributed by atoms with Crippen molar-refractivity contribution in [3.63, 3.8) is 0 Å². The van der Waals surface area contributed by atoms with Crippen molar-refractivity contribution in [3.8, 4) is 0 Å². The summed E-state index contributed by atoms with van der Waals surface area (Å²) in [6.07, 6.45) is 1.47.